The molecule has 0 atom stereocenters. The van der Waals surface area contributed by atoms with Crippen LogP contribution in [0.5, 0.6) is 0 Å². The van der Waals surface area contributed by atoms with Gasteiger partial charge in [-0.3, -0.25) is 0 Å². The fraction of sp³-hybridized carbons (Fsp3) is 1.00. The summed E-state index contributed by atoms with van der Waals surface area (Å²) in [5, 5.41) is 0. The zero-order valence-electron chi connectivity index (χ0n) is 9.77. The first-order chi connectivity index (χ1) is 5.99. The topological polar surface area (TPSA) is 29.3 Å². The number of rotatable bonds is 7. The van der Waals surface area contributed by atoms with Gasteiger partial charge in [-0.25, -0.2) is 0 Å². The smallest absolute Gasteiger partial charge is 0.00975 e. The number of hydrogen-bond donors (Lipinski definition) is 1. The molecule has 0 heterocycles. The van der Waals surface area contributed by atoms with E-state index in [0.29, 0.717) is 0 Å². The molecule has 0 spiro atoms. The second-order valence-corrected chi connectivity index (χ2v) is 4.53. The highest BCUT2D eigenvalue weighted by molar-refractivity contribution is 4.72. The summed E-state index contributed by atoms with van der Waals surface area (Å²) < 4.78 is 0. The molecule has 0 unspecified atom stereocenters. The molecule has 80 valence electrons. The molecular weight excluding hydrogens is 160 g/mol. The number of nitrogens with zero attached hydrogens (tertiary/aromatic N) is 1. The SMILES string of the molecule is CCCN(CC)CCCC(C)(C)N. The first-order valence-corrected chi connectivity index (χ1v) is 5.51. The molecule has 0 radical (unpaired) electrons. The van der Waals surface area contributed by atoms with Crippen LogP contribution in [0.15, 0.2) is 0 Å². The van der Waals surface area contributed by atoms with Gasteiger partial charge in [0.2, 0.25) is 0 Å². The highest BCUT2D eigenvalue weighted by Gasteiger charge is 2.10. The van der Waals surface area contributed by atoms with Gasteiger partial charge in [-0.15, -0.1) is 0 Å². The van der Waals surface area contributed by atoms with Crippen molar-refractivity contribution >= 4 is 0 Å². The molecule has 0 aromatic heterocycles. The van der Waals surface area contributed by atoms with Crippen LogP contribution in [0.3, 0.4) is 0 Å². The molecule has 0 aliphatic heterocycles. The van der Waals surface area contributed by atoms with E-state index >= 15 is 0 Å². The third kappa shape index (κ3) is 8.26. The highest BCUT2D eigenvalue weighted by atomic mass is 15.1. The van der Waals surface area contributed by atoms with Crippen LogP contribution in [0.2, 0.25) is 0 Å². The summed E-state index contributed by atoms with van der Waals surface area (Å²) in [6.45, 7) is 12.2. The molecule has 0 aromatic rings. The third-order valence-corrected chi connectivity index (χ3v) is 2.28. The molecule has 2 nitrogen and oxygen atoms in total. The van der Waals surface area contributed by atoms with Crippen molar-refractivity contribution in [3.8, 4) is 0 Å². The number of nitrogens with two attached hydrogens (primary N) is 1. The summed E-state index contributed by atoms with van der Waals surface area (Å²) in [6.07, 6.45) is 3.59. The van der Waals surface area contributed by atoms with Gasteiger partial charge in [0.15, 0.2) is 0 Å². The maximum absolute atomic E-state index is 5.92. The lowest BCUT2D eigenvalue weighted by Crippen LogP contribution is -2.33. The van der Waals surface area contributed by atoms with Gasteiger partial charge in [-0.1, -0.05) is 13.8 Å². The Hall–Kier alpha value is -0.0800. The summed E-state index contributed by atoms with van der Waals surface area (Å²) in [5.41, 5.74) is 5.92. The molecule has 0 rings (SSSR count). The average Bonchev–Trinajstić information content (AvgIpc) is 2.01. The Bertz CT molecular complexity index is 116. The van der Waals surface area contributed by atoms with Gasteiger partial charge in [0.25, 0.3) is 0 Å². The van der Waals surface area contributed by atoms with Gasteiger partial charge in [0.1, 0.15) is 0 Å². The molecule has 13 heavy (non-hydrogen) atoms. The van der Waals surface area contributed by atoms with Crippen LogP contribution >= 0.6 is 0 Å². The quantitative estimate of drug-likeness (QED) is 0.660. The van der Waals surface area contributed by atoms with Crippen molar-refractivity contribution in [2.45, 2.75) is 52.5 Å². The van der Waals surface area contributed by atoms with E-state index in [4.69, 9.17) is 5.73 Å². The fourth-order valence-corrected chi connectivity index (χ4v) is 1.50. The second kappa shape index (κ2) is 6.39. The van der Waals surface area contributed by atoms with Gasteiger partial charge in [-0.05, 0) is 52.7 Å². The molecule has 0 aromatic carbocycles. The predicted molar refractivity (Wildman–Crippen MR) is 59.9 cm³/mol. The Morgan fingerprint density at radius 1 is 1.15 bits per heavy atom. The van der Waals surface area contributed by atoms with E-state index in [1.165, 1.54) is 32.5 Å². The van der Waals surface area contributed by atoms with Crippen molar-refractivity contribution in [3.05, 3.63) is 0 Å². The molecule has 2 heteroatoms. The fourth-order valence-electron chi connectivity index (χ4n) is 1.50. The van der Waals surface area contributed by atoms with Gasteiger partial charge in [0.05, 0.1) is 0 Å². The van der Waals surface area contributed by atoms with Gasteiger partial charge >= 0.3 is 0 Å². The Morgan fingerprint density at radius 3 is 2.15 bits per heavy atom. The van der Waals surface area contributed by atoms with Crippen molar-refractivity contribution in [2.75, 3.05) is 19.6 Å². The van der Waals surface area contributed by atoms with Crippen LogP contribution in [0.25, 0.3) is 0 Å². The van der Waals surface area contributed by atoms with Crippen molar-refractivity contribution in [2.24, 2.45) is 5.73 Å². The first kappa shape index (κ1) is 12.9. The van der Waals surface area contributed by atoms with E-state index in [-0.39, 0.29) is 5.54 Å². The first-order valence-electron chi connectivity index (χ1n) is 5.51. The Labute approximate surface area is 83.5 Å². The van der Waals surface area contributed by atoms with Crippen LogP contribution in [0, 0.1) is 0 Å². The third-order valence-electron chi connectivity index (χ3n) is 2.28. The van der Waals surface area contributed by atoms with E-state index in [1.807, 2.05) is 0 Å². The molecule has 0 aliphatic rings. The van der Waals surface area contributed by atoms with Crippen molar-refractivity contribution in [3.63, 3.8) is 0 Å². The lowest BCUT2D eigenvalue weighted by molar-refractivity contribution is 0.272. The minimum absolute atomic E-state index is 0.00558. The zero-order chi connectivity index (χ0) is 10.3. The van der Waals surface area contributed by atoms with Crippen LogP contribution < -0.4 is 5.73 Å². The molecule has 0 saturated carbocycles. The van der Waals surface area contributed by atoms with E-state index in [0.717, 1.165) is 6.42 Å². The molecule has 0 amide bonds. The van der Waals surface area contributed by atoms with Crippen LogP contribution in [0.4, 0.5) is 0 Å². The summed E-state index contributed by atoms with van der Waals surface area (Å²) in [7, 11) is 0. The second-order valence-electron chi connectivity index (χ2n) is 4.53. The summed E-state index contributed by atoms with van der Waals surface area (Å²) in [6, 6.07) is 0. The lowest BCUT2D eigenvalue weighted by atomic mass is 10.00. The Morgan fingerprint density at radius 2 is 1.77 bits per heavy atom. The average molecular weight is 186 g/mol. The Kier molecular flexibility index (Phi) is 6.35. The maximum atomic E-state index is 5.92. The summed E-state index contributed by atoms with van der Waals surface area (Å²) in [5.74, 6) is 0. The van der Waals surface area contributed by atoms with E-state index < -0.39 is 0 Å². The molecule has 0 saturated heterocycles. The zero-order valence-corrected chi connectivity index (χ0v) is 9.77. The molecular formula is C11H26N2. The summed E-state index contributed by atoms with van der Waals surface area (Å²) >= 11 is 0. The van der Waals surface area contributed by atoms with E-state index in [9.17, 15) is 0 Å². The molecule has 2 N–H and O–H groups in total. The minimum Gasteiger partial charge on any atom is -0.326 e. The standard InChI is InChI=1S/C11H26N2/c1-5-9-13(6-2)10-7-8-11(3,4)12/h5-10,12H2,1-4H3. The normalized spacial score (nSPS) is 12.5. The van der Waals surface area contributed by atoms with Crippen LogP contribution in [-0.2, 0) is 0 Å². The largest absolute Gasteiger partial charge is 0.326 e. The number of hydrogen-bond acceptors (Lipinski definition) is 2. The maximum Gasteiger partial charge on any atom is 0.00975 e. The Balaban J connectivity index is 3.49. The van der Waals surface area contributed by atoms with Crippen molar-refractivity contribution in [1.29, 1.82) is 0 Å². The highest BCUT2D eigenvalue weighted by Crippen LogP contribution is 2.07. The monoisotopic (exact) mass is 186 g/mol. The minimum atomic E-state index is 0.00558. The molecule has 0 bridgehead atoms. The van der Waals surface area contributed by atoms with Gasteiger partial charge in [-0.2, -0.15) is 0 Å². The summed E-state index contributed by atoms with van der Waals surface area (Å²) in [4.78, 5) is 2.49. The van der Waals surface area contributed by atoms with Gasteiger partial charge in [0, 0.05) is 5.54 Å². The molecule has 0 aliphatic carbocycles. The van der Waals surface area contributed by atoms with Crippen LogP contribution in [-0.4, -0.2) is 30.1 Å². The predicted octanol–water partition coefficient (Wildman–Crippen LogP) is 2.24. The lowest BCUT2D eigenvalue weighted by Gasteiger charge is -2.23. The van der Waals surface area contributed by atoms with Crippen molar-refractivity contribution < 1.29 is 0 Å². The van der Waals surface area contributed by atoms with Crippen LogP contribution in [0.1, 0.15) is 47.0 Å². The van der Waals surface area contributed by atoms with Gasteiger partial charge < -0.3 is 10.6 Å². The van der Waals surface area contributed by atoms with E-state index in [2.05, 4.69) is 32.6 Å². The van der Waals surface area contributed by atoms with E-state index in [1.54, 1.807) is 0 Å². The van der Waals surface area contributed by atoms with Crippen molar-refractivity contribution in [1.82, 2.24) is 4.90 Å². The molecule has 0 fully saturated rings.